The topological polar surface area (TPSA) is 136 Å². The zero-order chi connectivity index (χ0) is 15.1. The van der Waals surface area contributed by atoms with Crippen molar-refractivity contribution >= 4 is 28.1 Å². The number of hydrogen-bond acceptors (Lipinski definition) is 6. The number of nitrogen functional groups attached to an aromatic ring is 1. The van der Waals surface area contributed by atoms with E-state index in [0.717, 1.165) is 8.28 Å². The van der Waals surface area contributed by atoms with Crippen molar-refractivity contribution in [1.82, 2.24) is 18.7 Å². The molecule has 5 N–H and O–H groups in total. The molecule has 0 atom stereocenters. The van der Waals surface area contributed by atoms with Gasteiger partial charge < -0.3 is 5.73 Å². The van der Waals surface area contributed by atoms with Gasteiger partial charge in [-0.3, -0.25) is 10.2 Å². The Balaban J connectivity index is 2.56. The number of anilines is 1. The average molecular weight is 300 g/mol. The van der Waals surface area contributed by atoms with E-state index in [1.54, 1.807) is 0 Å². The van der Waals surface area contributed by atoms with E-state index in [1.165, 1.54) is 20.2 Å². The number of carbonyl (C=O) groups is 1. The predicted molar refractivity (Wildman–Crippen MR) is 73.3 cm³/mol. The van der Waals surface area contributed by atoms with Gasteiger partial charge in [-0.2, -0.15) is 16.7 Å². The molecule has 0 radical (unpaired) electrons. The first kappa shape index (κ1) is 14.5. The lowest BCUT2D eigenvalue weighted by atomic mass is 10.00. The van der Waals surface area contributed by atoms with Gasteiger partial charge in [0.2, 0.25) is 5.95 Å². The van der Waals surface area contributed by atoms with Crippen molar-refractivity contribution in [3.8, 4) is 0 Å². The molecule has 0 saturated heterocycles. The van der Waals surface area contributed by atoms with Crippen LogP contribution in [-0.2, 0) is 21.4 Å². The second-order valence-corrected chi connectivity index (χ2v) is 6.49. The SMILES string of the molecule is CN(C)S(=O)(=O)n1c(N)nc2c1CCC(C(=O)NN)=C2. The second-order valence-electron chi connectivity index (χ2n) is 4.50. The summed E-state index contributed by atoms with van der Waals surface area (Å²) in [4.78, 5) is 15.5. The molecule has 0 aromatic carbocycles. The molecule has 1 amide bonds. The number of hydrogen-bond donors (Lipinski definition) is 3. The summed E-state index contributed by atoms with van der Waals surface area (Å²) < 4.78 is 26.5. The van der Waals surface area contributed by atoms with Crippen LogP contribution in [0.3, 0.4) is 0 Å². The standard InChI is InChI=1S/C10H16N6O3S/c1-15(2)20(18,19)16-8-4-3-6(9(17)14-12)5-7(8)13-10(16)11/h5H,3-4,12H2,1-2H3,(H2,11,13)(H,14,17). The molecule has 0 spiro atoms. The summed E-state index contributed by atoms with van der Waals surface area (Å²) in [7, 11) is -0.921. The summed E-state index contributed by atoms with van der Waals surface area (Å²) in [6.45, 7) is 0. The van der Waals surface area contributed by atoms with Crippen LogP contribution < -0.4 is 17.0 Å². The third-order valence-corrected chi connectivity index (χ3v) is 4.83. The summed E-state index contributed by atoms with van der Waals surface area (Å²) in [5.41, 5.74) is 9.00. The molecule has 0 unspecified atom stereocenters. The van der Waals surface area contributed by atoms with Crippen molar-refractivity contribution in [2.24, 2.45) is 5.84 Å². The highest BCUT2D eigenvalue weighted by molar-refractivity contribution is 7.87. The van der Waals surface area contributed by atoms with Crippen LogP contribution in [0.2, 0.25) is 0 Å². The van der Waals surface area contributed by atoms with Crippen LogP contribution in [0.5, 0.6) is 0 Å². The Hall–Kier alpha value is -1.91. The van der Waals surface area contributed by atoms with Crippen molar-refractivity contribution in [3.05, 3.63) is 17.0 Å². The lowest BCUT2D eigenvalue weighted by molar-refractivity contribution is -0.117. The van der Waals surface area contributed by atoms with Gasteiger partial charge in [0.15, 0.2) is 0 Å². The molecule has 1 aromatic rings. The monoisotopic (exact) mass is 300 g/mol. The van der Waals surface area contributed by atoms with Crippen molar-refractivity contribution in [2.75, 3.05) is 19.8 Å². The van der Waals surface area contributed by atoms with Gasteiger partial charge in [-0.05, 0) is 18.9 Å². The second kappa shape index (κ2) is 4.89. The third-order valence-electron chi connectivity index (χ3n) is 3.04. The maximum Gasteiger partial charge on any atom is 0.310 e. The predicted octanol–water partition coefficient (Wildman–Crippen LogP) is -1.56. The van der Waals surface area contributed by atoms with Crippen LogP contribution >= 0.6 is 0 Å². The van der Waals surface area contributed by atoms with E-state index >= 15 is 0 Å². The highest BCUT2D eigenvalue weighted by Crippen LogP contribution is 2.27. The smallest absolute Gasteiger partial charge is 0.310 e. The zero-order valence-corrected chi connectivity index (χ0v) is 11.9. The Morgan fingerprint density at radius 3 is 2.65 bits per heavy atom. The van der Waals surface area contributed by atoms with E-state index < -0.39 is 16.1 Å². The minimum atomic E-state index is -3.74. The van der Waals surface area contributed by atoms with E-state index in [0.29, 0.717) is 29.8 Å². The Labute approximate surface area is 116 Å². The largest absolute Gasteiger partial charge is 0.368 e. The maximum absolute atomic E-state index is 12.2. The van der Waals surface area contributed by atoms with Crippen molar-refractivity contribution in [2.45, 2.75) is 12.8 Å². The summed E-state index contributed by atoms with van der Waals surface area (Å²) in [5.74, 6) is 4.53. The zero-order valence-electron chi connectivity index (χ0n) is 11.1. The molecule has 20 heavy (non-hydrogen) atoms. The van der Waals surface area contributed by atoms with E-state index in [-0.39, 0.29) is 5.95 Å². The summed E-state index contributed by atoms with van der Waals surface area (Å²) >= 11 is 0. The lowest BCUT2D eigenvalue weighted by Crippen LogP contribution is -2.33. The fourth-order valence-electron chi connectivity index (χ4n) is 2.00. The number of imidazole rings is 1. The Morgan fingerprint density at radius 2 is 2.10 bits per heavy atom. The Bertz CT molecular complexity index is 688. The molecular weight excluding hydrogens is 284 g/mol. The highest BCUT2D eigenvalue weighted by Gasteiger charge is 2.29. The molecule has 0 bridgehead atoms. The highest BCUT2D eigenvalue weighted by atomic mass is 32.2. The average Bonchev–Trinajstić information content (AvgIpc) is 2.72. The first-order valence-corrected chi connectivity index (χ1v) is 7.20. The van der Waals surface area contributed by atoms with Gasteiger partial charge in [-0.15, -0.1) is 0 Å². The minimum Gasteiger partial charge on any atom is -0.368 e. The van der Waals surface area contributed by atoms with E-state index in [2.05, 4.69) is 4.98 Å². The minimum absolute atomic E-state index is 0.130. The summed E-state index contributed by atoms with van der Waals surface area (Å²) in [6.07, 6.45) is 2.20. The number of amides is 1. The fraction of sp³-hybridized carbons (Fsp3) is 0.400. The van der Waals surface area contributed by atoms with Crippen LogP contribution in [0.1, 0.15) is 17.8 Å². The fourth-order valence-corrected chi connectivity index (χ4v) is 3.07. The maximum atomic E-state index is 12.2. The molecule has 10 heteroatoms. The number of hydrazine groups is 1. The molecule has 1 heterocycles. The quantitative estimate of drug-likeness (QED) is 0.351. The molecule has 2 rings (SSSR count). The van der Waals surface area contributed by atoms with Gasteiger partial charge in [-0.25, -0.2) is 10.8 Å². The molecule has 9 nitrogen and oxygen atoms in total. The summed E-state index contributed by atoms with van der Waals surface area (Å²) in [6, 6.07) is 0. The Kier molecular flexibility index (Phi) is 3.54. The van der Waals surface area contributed by atoms with Crippen LogP contribution in [0, 0.1) is 0 Å². The Morgan fingerprint density at radius 1 is 1.45 bits per heavy atom. The van der Waals surface area contributed by atoms with Crippen LogP contribution in [-0.4, -0.2) is 41.7 Å². The van der Waals surface area contributed by atoms with Gasteiger partial charge in [0.1, 0.15) is 0 Å². The molecule has 1 aliphatic rings. The van der Waals surface area contributed by atoms with Gasteiger partial charge in [0.25, 0.3) is 5.91 Å². The van der Waals surface area contributed by atoms with Crippen LogP contribution in [0.4, 0.5) is 5.95 Å². The van der Waals surface area contributed by atoms with Gasteiger partial charge in [-0.1, -0.05) is 0 Å². The number of carbonyl (C=O) groups excluding carboxylic acids is 1. The summed E-state index contributed by atoms with van der Waals surface area (Å²) in [5, 5.41) is 0. The normalized spacial score (nSPS) is 14.9. The molecule has 0 aliphatic heterocycles. The van der Waals surface area contributed by atoms with E-state index in [1.807, 2.05) is 5.43 Å². The number of nitrogens with zero attached hydrogens (tertiary/aromatic N) is 3. The van der Waals surface area contributed by atoms with Gasteiger partial charge >= 0.3 is 10.2 Å². The number of nitrogens with two attached hydrogens (primary N) is 2. The number of aromatic nitrogens is 2. The van der Waals surface area contributed by atoms with Crippen LogP contribution in [0.25, 0.3) is 6.08 Å². The molecule has 1 aliphatic carbocycles. The van der Waals surface area contributed by atoms with Crippen molar-refractivity contribution in [1.29, 1.82) is 0 Å². The van der Waals surface area contributed by atoms with E-state index in [9.17, 15) is 13.2 Å². The van der Waals surface area contributed by atoms with Crippen molar-refractivity contribution < 1.29 is 13.2 Å². The molecule has 0 fully saturated rings. The molecule has 110 valence electrons. The molecule has 1 aromatic heterocycles. The van der Waals surface area contributed by atoms with Gasteiger partial charge in [0, 0.05) is 19.7 Å². The van der Waals surface area contributed by atoms with Crippen LogP contribution in [0.15, 0.2) is 5.57 Å². The number of rotatable bonds is 3. The third kappa shape index (κ3) is 2.17. The van der Waals surface area contributed by atoms with Crippen molar-refractivity contribution in [3.63, 3.8) is 0 Å². The number of nitrogens with one attached hydrogen (secondary N) is 1. The lowest BCUT2D eigenvalue weighted by Gasteiger charge is -2.18. The molecule has 0 saturated carbocycles. The number of fused-ring (bicyclic) bond motifs is 1. The first-order chi connectivity index (χ1) is 9.28. The van der Waals surface area contributed by atoms with Gasteiger partial charge in [0.05, 0.1) is 11.4 Å². The van der Waals surface area contributed by atoms with E-state index in [4.69, 9.17) is 11.6 Å². The first-order valence-electron chi connectivity index (χ1n) is 5.80. The molecular formula is C10H16N6O3S.